The summed E-state index contributed by atoms with van der Waals surface area (Å²) in [6.07, 6.45) is 1.86. The van der Waals surface area contributed by atoms with Crippen molar-refractivity contribution in [2.45, 2.75) is 38.5 Å². The van der Waals surface area contributed by atoms with Gasteiger partial charge < -0.3 is 5.32 Å². The maximum absolute atomic E-state index is 12.1. The Morgan fingerprint density at radius 3 is 2.39 bits per heavy atom. The lowest BCUT2D eigenvalue weighted by atomic mass is 10.2. The maximum Gasteiger partial charge on any atom is 0.155 e. The van der Waals surface area contributed by atoms with Gasteiger partial charge >= 0.3 is 0 Å². The molecule has 1 aromatic rings. The summed E-state index contributed by atoms with van der Waals surface area (Å²) >= 11 is 0. The van der Waals surface area contributed by atoms with Crippen LogP contribution in [0.5, 0.6) is 0 Å². The molecule has 0 aromatic heterocycles. The Morgan fingerprint density at radius 1 is 1.17 bits per heavy atom. The fourth-order valence-electron chi connectivity index (χ4n) is 1.86. The molecular formula is C14H23NO2S. The first-order valence-corrected chi connectivity index (χ1v) is 8.37. The summed E-state index contributed by atoms with van der Waals surface area (Å²) in [5.41, 5.74) is 0.864. The van der Waals surface area contributed by atoms with Crippen LogP contribution >= 0.6 is 0 Å². The summed E-state index contributed by atoms with van der Waals surface area (Å²) in [6.45, 7) is 4.98. The van der Waals surface area contributed by atoms with Crippen molar-refractivity contribution in [3.05, 3.63) is 35.9 Å². The Hall–Kier alpha value is -0.870. The summed E-state index contributed by atoms with van der Waals surface area (Å²) in [4.78, 5) is 0. The molecule has 1 rings (SSSR count). The molecule has 0 saturated carbocycles. The van der Waals surface area contributed by atoms with Gasteiger partial charge in [0.25, 0.3) is 0 Å². The average Bonchev–Trinajstić information content (AvgIpc) is 2.35. The molecule has 0 saturated heterocycles. The highest BCUT2D eigenvalue weighted by Crippen LogP contribution is 2.08. The molecule has 3 nitrogen and oxygen atoms in total. The second-order valence-electron chi connectivity index (χ2n) is 4.60. The molecule has 0 heterocycles. The summed E-state index contributed by atoms with van der Waals surface area (Å²) in [5, 5.41) is 3.28. The van der Waals surface area contributed by atoms with Gasteiger partial charge in [0.05, 0.1) is 11.5 Å². The lowest BCUT2D eigenvalue weighted by Gasteiger charge is -2.16. The minimum atomic E-state index is -3.04. The van der Waals surface area contributed by atoms with Gasteiger partial charge in [-0.15, -0.1) is 0 Å². The Bertz CT molecular complexity index is 428. The fraction of sp³-hybridized carbons (Fsp3) is 0.571. The standard InChI is InChI=1S/C14H23NO2S/c1-3-10-15-14(4-2)12-18(16,17)11-13-8-6-5-7-9-13/h5-9,14-15H,3-4,10-12H2,1-2H3. The Kier molecular flexibility index (Phi) is 6.36. The molecule has 4 heteroatoms. The molecule has 1 aromatic carbocycles. The zero-order valence-corrected chi connectivity index (χ0v) is 12.0. The normalized spacial score (nSPS) is 13.4. The molecule has 0 aliphatic rings. The van der Waals surface area contributed by atoms with E-state index in [2.05, 4.69) is 12.2 Å². The van der Waals surface area contributed by atoms with E-state index in [9.17, 15) is 8.42 Å². The molecule has 1 N–H and O–H groups in total. The van der Waals surface area contributed by atoms with Gasteiger partial charge in [0.1, 0.15) is 0 Å². The summed E-state index contributed by atoms with van der Waals surface area (Å²) < 4.78 is 24.2. The molecule has 0 bridgehead atoms. The highest BCUT2D eigenvalue weighted by Gasteiger charge is 2.17. The van der Waals surface area contributed by atoms with E-state index in [-0.39, 0.29) is 17.5 Å². The van der Waals surface area contributed by atoms with Crippen molar-refractivity contribution >= 4 is 9.84 Å². The molecule has 0 radical (unpaired) electrons. The van der Waals surface area contributed by atoms with Crippen molar-refractivity contribution in [2.75, 3.05) is 12.3 Å². The molecule has 1 atom stereocenters. The van der Waals surface area contributed by atoms with Crippen LogP contribution in [-0.2, 0) is 15.6 Å². The molecular weight excluding hydrogens is 246 g/mol. The molecule has 0 aliphatic carbocycles. The third kappa shape index (κ3) is 5.65. The van der Waals surface area contributed by atoms with Gasteiger partial charge in [0, 0.05) is 6.04 Å². The van der Waals surface area contributed by atoms with Gasteiger partial charge in [-0.2, -0.15) is 0 Å². The van der Waals surface area contributed by atoms with Crippen LogP contribution in [0.25, 0.3) is 0 Å². The summed E-state index contributed by atoms with van der Waals surface area (Å²) in [6, 6.07) is 9.43. The number of nitrogens with one attached hydrogen (secondary N) is 1. The molecule has 0 fully saturated rings. The van der Waals surface area contributed by atoms with E-state index < -0.39 is 9.84 Å². The van der Waals surface area contributed by atoms with Crippen molar-refractivity contribution in [1.29, 1.82) is 0 Å². The van der Waals surface area contributed by atoms with E-state index in [4.69, 9.17) is 0 Å². The van der Waals surface area contributed by atoms with Crippen LogP contribution in [0.1, 0.15) is 32.3 Å². The topological polar surface area (TPSA) is 46.2 Å². The van der Waals surface area contributed by atoms with Crippen molar-refractivity contribution in [1.82, 2.24) is 5.32 Å². The zero-order chi connectivity index (χ0) is 13.4. The number of rotatable bonds is 8. The first-order chi connectivity index (χ1) is 8.57. The summed E-state index contributed by atoms with van der Waals surface area (Å²) in [5.74, 6) is 0.358. The smallest absolute Gasteiger partial charge is 0.155 e. The van der Waals surface area contributed by atoms with Crippen molar-refractivity contribution in [3.8, 4) is 0 Å². The third-order valence-electron chi connectivity index (χ3n) is 2.86. The van der Waals surface area contributed by atoms with Gasteiger partial charge in [-0.3, -0.25) is 0 Å². The number of hydrogen-bond acceptors (Lipinski definition) is 3. The molecule has 0 spiro atoms. The van der Waals surface area contributed by atoms with E-state index in [1.54, 1.807) is 0 Å². The third-order valence-corrected chi connectivity index (χ3v) is 4.54. The largest absolute Gasteiger partial charge is 0.313 e. The molecule has 1 unspecified atom stereocenters. The second kappa shape index (κ2) is 7.54. The number of benzene rings is 1. The van der Waals surface area contributed by atoms with Crippen LogP contribution in [0.4, 0.5) is 0 Å². The van der Waals surface area contributed by atoms with Crippen LogP contribution in [0.3, 0.4) is 0 Å². The van der Waals surface area contributed by atoms with Crippen LogP contribution in [0, 0.1) is 0 Å². The van der Waals surface area contributed by atoms with Gasteiger partial charge in [-0.1, -0.05) is 44.2 Å². The van der Waals surface area contributed by atoms with Gasteiger partial charge in [0.2, 0.25) is 0 Å². The van der Waals surface area contributed by atoms with E-state index in [0.717, 1.165) is 24.9 Å². The minimum absolute atomic E-state index is 0.0682. The van der Waals surface area contributed by atoms with Gasteiger partial charge in [0.15, 0.2) is 9.84 Å². The second-order valence-corrected chi connectivity index (χ2v) is 6.71. The molecule has 102 valence electrons. The first kappa shape index (κ1) is 15.2. The van der Waals surface area contributed by atoms with Crippen molar-refractivity contribution in [3.63, 3.8) is 0 Å². The van der Waals surface area contributed by atoms with Gasteiger partial charge in [-0.05, 0) is 24.9 Å². The predicted octanol–water partition coefficient (Wildman–Crippen LogP) is 2.38. The Labute approximate surface area is 111 Å². The van der Waals surface area contributed by atoms with Crippen LogP contribution in [-0.4, -0.2) is 26.8 Å². The Balaban J connectivity index is 2.58. The average molecular weight is 269 g/mol. The number of sulfone groups is 1. The predicted molar refractivity (Wildman–Crippen MR) is 76.3 cm³/mol. The maximum atomic E-state index is 12.1. The molecule has 18 heavy (non-hydrogen) atoms. The van der Waals surface area contributed by atoms with Crippen LogP contribution in [0.15, 0.2) is 30.3 Å². The van der Waals surface area contributed by atoms with Crippen molar-refractivity contribution in [2.24, 2.45) is 0 Å². The monoisotopic (exact) mass is 269 g/mol. The lowest BCUT2D eigenvalue weighted by molar-refractivity contribution is 0.519. The van der Waals surface area contributed by atoms with E-state index in [1.165, 1.54) is 0 Å². The zero-order valence-electron chi connectivity index (χ0n) is 11.2. The SMILES string of the molecule is CCCNC(CC)CS(=O)(=O)Cc1ccccc1. The first-order valence-electron chi connectivity index (χ1n) is 6.55. The van der Waals surface area contributed by atoms with Crippen molar-refractivity contribution < 1.29 is 8.42 Å². The van der Waals surface area contributed by atoms with Crippen LogP contribution < -0.4 is 5.32 Å². The van der Waals surface area contributed by atoms with Gasteiger partial charge in [-0.25, -0.2) is 8.42 Å². The highest BCUT2D eigenvalue weighted by molar-refractivity contribution is 7.90. The van der Waals surface area contributed by atoms with Crippen LogP contribution in [0.2, 0.25) is 0 Å². The molecule has 0 amide bonds. The highest BCUT2D eigenvalue weighted by atomic mass is 32.2. The Morgan fingerprint density at radius 2 is 1.83 bits per heavy atom. The van der Waals surface area contributed by atoms with E-state index in [1.807, 2.05) is 37.3 Å². The van der Waals surface area contributed by atoms with E-state index >= 15 is 0 Å². The minimum Gasteiger partial charge on any atom is -0.313 e. The quantitative estimate of drug-likeness (QED) is 0.788. The molecule has 0 aliphatic heterocycles. The van der Waals surface area contributed by atoms with E-state index in [0.29, 0.717) is 0 Å². The lowest BCUT2D eigenvalue weighted by Crippen LogP contribution is -2.36. The summed E-state index contributed by atoms with van der Waals surface area (Å²) in [7, 11) is -3.04. The fourth-order valence-corrected chi connectivity index (χ4v) is 3.65. The number of hydrogen-bond donors (Lipinski definition) is 1.